The number of unbranched alkanes of at least 4 members (excludes halogenated alkanes) is 1. The Kier molecular flexibility index (Phi) is 8.31. The number of carbonyl (C=O) groups is 1. The van der Waals surface area contributed by atoms with Crippen LogP contribution in [0, 0.1) is 0 Å². The van der Waals surface area contributed by atoms with Crippen LogP contribution in [0.4, 0.5) is 5.69 Å². The van der Waals surface area contributed by atoms with E-state index in [1.807, 2.05) is 12.1 Å². The minimum Gasteiger partial charge on any atom is -0.326 e. The summed E-state index contributed by atoms with van der Waals surface area (Å²) in [5.74, 6) is 0.683. The van der Waals surface area contributed by atoms with Crippen molar-refractivity contribution in [1.29, 1.82) is 0 Å². The number of anilines is 1. The number of hydrogen-bond acceptors (Lipinski definition) is 2. The van der Waals surface area contributed by atoms with E-state index in [1.54, 1.807) is 0 Å². The number of nitrogens with one attached hydrogen (secondary N) is 1. The van der Waals surface area contributed by atoms with Crippen LogP contribution in [0.3, 0.4) is 0 Å². The Morgan fingerprint density at radius 2 is 2.00 bits per heavy atom. The molecule has 4 heteroatoms. The maximum atomic E-state index is 11.8. The van der Waals surface area contributed by atoms with Gasteiger partial charge in [-0.15, -0.1) is 11.6 Å². The van der Waals surface area contributed by atoms with E-state index < -0.39 is 0 Å². The van der Waals surface area contributed by atoms with Gasteiger partial charge in [-0.1, -0.05) is 26.0 Å². The highest BCUT2D eigenvalue weighted by molar-refractivity contribution is 6.17. The largest absolute Gasteiger partial charge is 0.326 e. The standard InChI is InChI=1S/C16H25ClN2O/c1-3-19(4-2)13-14-8-7-9-15(12-14)18-16(20)10-5-6-11-17/h7-9,12H,3-6,10-11,13H2,1-2H3,(H,18,20). The Morgan fingerprint density at radius 3 is 2.65 bits per heavy atom. The third kappa shape index (κ3) is 6.40. The summed E-state index contributed by atoms with van der Waals surface area (Å²) in [5.41, 5.74) is 2.11. The van der Waals surface area contributed by atoms with Crippen LogP contribution >= 0.6 is 11.6 Å². The lowest BCUT2D eigenvalue weighted by molar-refractivity contribution is -0.116. The number of halogens is 1. The Balaban J connectivity index is 2.52. The highest BCUT2D eigenvalue weighted by Crippen LogP contribution is 2.13. The number of carbonyl (C=O) groups excluding carboxylic acids is 1. The van der Waals surface area contributed by atoms with Gasteiger partial charge in [-0.2, -0.15) is 0 Å². The Bertz CT molecular complexity index is 405. The summed E-state index contributed by atoms with van der Waals surface area (Å²) in [7, 11) is 0. The molecule has 20 heavy (non-hydrogen) atoms. The zero-order valence-corrected chi connectivity index (χ0v) is 13.2. The molecule has 3 nitrogen and oxygen atoms in total. The zero-order chi connectivity index (χ0) is 14.8. The van der Waals surface area contributed by atoms with E-state index in [1.165, 1.54) is 5.56 Å². The fourth-order valence-corrected chi connectivity index (χ4v) is 2.25. The van der Waals surface area contributed by atoms with Crippen molar-refractivity contribution >= 4 is 23.2 Å². The van der Waals surface area contributed by atoms with E-state index in [0.29, 0.717) is 12.3 Å². The van der Waals surface area contributed by atoms with Crippen molar-refractivity contribution in [1.82, 2.24) is 4.90 Å². The van der Waals surface area contributed by atoms with Crippen molar-refractivity contribution in [3.63, 3.8) is 0 Å². The van der Waals surface area contributed by atoms with Gasteiger partial charge in [-0.25, -0.2) is 0 Å². The Morgan fingerprint density at radius 1 is 1.25 bits per heavy atom. The third-order valence-corrected chi connectivity index (χ3v) is 3.57. The minimum absolute atomic E-state index is 0.0649. The lowest BCUT2D eigenvalue weighted by atomic mass is 10.1. The SMILES string of the molecule is CCN(CC)Cc1cccc(NC(=O)CCCCCl)c1. The van der Waals surface area contributed by atoms with Crippen molar-refractivity contribution in [3.05, 3.63) is 29.8 Å². The molecule has 0 saturated heterocycles. The molecular weight excluding hydrogens is 272 g/mol. The monoisotopic (exact) mass is 296 g/mol. The van der Waals surface area contributed by atoms with E-state index in [9.17, 15) is 4.79 Å². The number of alkyl halides is 1. The molecule has 0 radical (unpaired) electrons. The summed E-state index contributed by atoms with van der Waals surface area (Å²) < 4.78 is 0. The van der Waals surface area contributed by atoms with Crippen molar-refractivity contribution in [2.45, 2.75) is 39.7 Å². The van der Waals surface area contributed by atoms with Gasteiger partial charge in [-0.3, -0.25) is 9.69 Å². The predicted octanol–water partition coefficient (Wildman–Crippen LogP) is 3.88. The second kappa shape index (κ2) is 9.78. The minimum atomic E-state index is 0.0649. The lowest BCUT2D eigenvalue weighted by Gasteiger charge is -2.18. The van der Waals surface area contributed by atoms with Gasteiger partial charge in [0.05, 0.1) is 0 Å². The van der Waals surface area contributed by atoms with Crippen LogP contribution in [0.5, 0.6) is 0 Å². The fourth-order valence-electron chi connectivity index (χ4n) is 2.06. The van der Waals surface area contributed by atoms with Gasteiger partial charge in [0.15, 0.2) is 0 Å². The van der Waals surface area contributed by atoms with Crippen molar-refractivity contribution in [2.24, 2.45) is 0 Å². The van der Waals surface area contributed by atoms with E-state index in [2.05, 4.69) is 36.2 Å². The topological polar surface area (TPSA) is 32.3 Å². The van der Waals surface area contributed by atoms with Crippen LogP contribution in [0.1, 0.15) is 38.7 Å². The smallest absolute Gasteiger partial charge is 0.224 e. The van der Waals surface area contributed by atoms with Crippen molar-refractivity contribution < 1.29 is 4.79 Å². The van der Waals surface area contributed by atoms with Crippen molar-refractivity contribution in [2.75, 3.05) is 24.3 Å². The molecule has 0 saturated carbocycles. The fraction of sp³-hybridized carbons (Fsp3) is 0.562. The molecule has 1 N–H and O–H groups in total. The molecule has 0 aromatic heterocycles. The van der Waals surface area contributed by atoms with Gasteiger partial charge < -0.3 is 5.32 Å². The number of rotatable bonds is 9. The molecule has 0 bridgehead atoms. The van der Waals surface area contributed by atoms with Gasteiger partial charge in [0.1, 0.15) is 0 Å². The van der Waals surface area contributed by atoms with E-state index in [0.717, 1.165) is 38.2 Å². The average molecular weight is 297 g/mol. The van der Waals surface area contributed by atoms with Crippen LogP contribution in [0.25, 0.3) is 0 Å². The maximum Gasteiger partial charge on any atom is 0.224 e. The van der Waals surface area contributed by atoms with Crippen LogP contribution < -0.4 is 5.32 Å². The first-order valence-corrected chi connectivity index (χ1v) is 7.90. The summed E-state index contributed by atoms with van der Waals surface area (Å²) in [6, 6.07) is 8.08. The summed E-state index contributed by atoms with van der Waals surface area (Å²) in [4.78, 5) is 14.1. The van der Waals surface area contributed by atoms with E-state index >= 15 is 0 Å². The second-order valence-electron chi connectivity index (χ2n) is 4.86. The Hall–Kier alpha value is -1.06. The number of hydrogen-bond donors (Lipinski definition) is 1. The van der Waals surface area contributed by atoms with Gasteiger partial charge >= 0.3 is 0 Å². The number of nitrogens with zero attached hydrogens (tertiary/aromatic N) is 1. The van der Waals surface area contributed by atoms with Crippen LogP contribution in [0.2, 0.25) is 0 Å². The molecule has 0 aliphatic rings. The third-order valence-electron chi connectivity index (χ3n) is 3.30. The summed E-state index contributed by atoms with van der Waals surface area (Å²) in [6.07, 6.45) is 2.26. The molecule has 0 aliphatic heterocycles. The van der Waals surface area contributed by atoms with Crippen molar-refractivity contribution in [3.8, 4) is 0 Å². The molecule has 0 aliphatic carbocycles. The molecule has 112 valence electrons. The van der Waals surface area contributed by atoms with Gasteiger partial charge in [0.25, 0.3) is 0 Å². The predicted molar refractivity (Wildman–Crippen MR) is 86.3 cm³/mol. The average Bonchev–Trinajstić information content (AvgIpc) is 2.45. The van der Waals surface area contributed by atoms with Gasteiger partial charge in [-0.05, 0) is 43.6 Å². The molecule has 0 spiro atoms. The maximum absolute atomic E-state index is 11.8. The Labute approximate surface area is 127 Å². The first-order valence-electron chi connectivity index (χ1n) is 7.36. The molecule has 1 amide bonds. The summed E-state index contributed by atoms with van der Waals surface area (Å²) in [5, 5.41) is 2.95. The van der Waals surface area contributed by atoms with E-state index in [4.69, 9.17) is 11.6 Å². The molecule has 0 heterocycles. The molecule has 1 rings (SSSR count). The van der Waals surface area contributed by atoms with Gasteiger partial charge in [0, 0.05) is 24.5 Å². The highest BCUT2D eigenvalue weighted by Gasteiger charge is 2.05. The van der Waals surface area contributed by atoms with Crippen LogP contribution in [-0.2, 0) is 11.3 Å². The molecule has 1 aromatic rings. The molecule has 0 atom stereocenters. The summed E-state index contributed by atoms with van der Waals surface area (Å²) in [6.45, 7) is 7.30. The molecule has 0 unspecified atom stereocenters. The zero-order valence-electron chi connectivity index (χ0n) is 12.5. The van der Waals surface area contributed by atoms with Gasteiger partial charge in [0.2, 0.25) is 5.91 Å². The van der Waals surface area contributed by atoms with E-state index in [-0.39, 0.29) is 5.91 Å². The van der Waals surface area contributed by atoms with Crippen LogP contribution in [-0.4, -0.2) is 29.8 Å². The molecular formula is C16H25ClN2O. The highest BCUT2D eigenvalue weighted by atomic mass is 35.5. The normalized spacial score (nSPS) is 10.8. The quantitative estimate of drug-likeness (QED) is 0.554. The first-order chi connectivity index (χ1) is 9.69. The van der Waals surface area contributed by atoms with Crippen LogP contribution in [0.15, 0.2) is 24.3 Å². The number of amides is 1. The number of benzene rings is 1. The lowest BCUT2D eigenvalue weighted by Crippen LogP contribution is -2.22. The summed E-state index contributed by atoms with van der Waals surface area (Å²) >= 11 is 5.61. The molecule has 1 aromatic carbocycles. The first kappa shape index (κ1) is 17.0. The second-order valence-corrected chi connectivity index (χ2v) is 5.23. The molecule has 0 fully saturated rings.